The maximum Gasteiger partial charge on any atom is 0.0458 e. The molecule has 14 heavy (non-hydrogen) atoms. The first-order valence-corrected chi connectivity index (χ1v) is 5.48. The summed E-state index contributed by atoms with van der Waals surface area (Å²) in [7, 11) is 0. The van der Waals surface area contributed by atoms with Gasteiger partial charge in [0, 0.05) is 13.2 Å². The summed E-state index contributed by atoms with van der Waals surface area (Å²) in [6, 6.07) is 0. The summed E-state index contributed by atoms with van der Waals surface area (Å²) in [5.41, 5.74) is 6.88. The normalized spacial score (nSPS) is 11.8. The molecule has 0 fully saturated rings. The van der Waals surface area contributed by atoms with E-state index in [0.717, 1.165) is 13.1 Å². The van der Waals surface area contributed by atoms with E-state index in [1.54, 1.807) is 0 Å². The Morgan fingerprint density at radius 2 is 1.86 bits per heavy atom. The second-order valence-corrected chi connectivity index (χ2v) is 2.69. The van der Waals surface area contributed by atoms with Crippen LogP contribution in [-0.4, -0.2) is 24.7 Å². The molecule has 0 atom stereocenters. The van der Waals surface area contributed by atoms with Gasteiger partial charge in [0.05, 0.1) is 0 Å². The number of rotatable bonds is 5. The molecule has 0 saturated carbocycles. The first-order chi connectivity index (χ1) is 6.78. The average Bonchev–Trinajstić information content (AvgIpc) is 2.27. The van der Waals surface area contributed by atoms with Gasteiger partial charge >= 0.3 is 0 Å². The van der Waals surface area contributed by atoms with E-state index in [1.807, 2.05) is 20.8 Å². The van der Waals surface area contributed by atoms with Crippen LogP contribution in [0.15, 0.2) is 23.8 Å². The minimum atomic E-state index is 0.630. The molecule has 0 saturated heterocycles. The molecule has 0 aliphatic carbocycles. The van der Waals surface area contributed by atoms with Crippen molar-refractivity contribution in [3.63, 3.8) is 0 Å². The first-order valence-electron chi connectivity index (χ1n) is 5.48. The zero-order valence-electron chi connectivity index (χ0n) is 10.4. The van der Waals surface area contributed by atoms with E-state index in [1.165, 1.54) is 5.57 Å². The van der Waals surface area contributed by atoms with E-state index in [-0.39, 0.29) is 0 Å². The van der Waals surface area contributed by atoms with Gasteiger partial charge < -0.3 is 5.73 Å². The second kappa shape index (κ2) is 12.4. The van der Waals surface area contributed by atoms with Crippen molar-refractivity contribution >= 4 is 0 Å². The minimum Gasteiger partial charge on any atom is -0.318 e. The Balaban J connectivity index is 0. The van der Waals surface area contributed by atoms with Gasteiger partial charge in [0.1, 0.15) is 0 Å². The summed E-state index contributed by atoms with van der Waals surface area (Å²) >= 11 is 0. The van der Waals surface area contributed by atoms with E-state index in [9.17, 15) is 0 Å². The van der Waals surface area contributed by atoms with Crippen molar-refractivity contribution < 1.29 is 0 Å². The van der Waals surface area contributed by atoms with Crippen LogP contribution < -0.4 is 5.73 Å². The molecular formula is C12H26N2. The molecule has 0 radical (unpaired) electrons. The molecule has 2 nitrogen and oxygen atoms in total. The first kappa shape index (κ1) is 15.9. The molecule has 0 heterocycles. The van der Waals surface area contributed by atoms with Crippen LogP contribution in [0.25, 0.3) is 0 Å². The number of allylic oxidation sites excluding steroid dienone is 2. The van der Waals surface area contributed by atoms with Crippen LogP contribution in [0.1, 0.15) is 34.6 Å². The molecule has 84 valence electrons. The smallest absolute Gasteiger partial charge is 0.0458 e. The fourth-order valence-electron chi connectivity index (χ4n) is 1.02. The molecule has 2 heteroatoms. The Hall–Kier alpha value is -0.600. The van der Waals surface area contributed by atoms with Crippen molar-refractivity contribution in [3.05, 3.63) is 23.8 Å². The summed E-state index contributed by atoms with van der Waals surface area (Å²) in [5, 5.41) is 0. The third-order valence-electron chi connectivity index (χ3n) is 1.86. The highest BCUT2D eigenvalue weighted by atomic mass is 15.2. The predicted octanol–water partition coefficient (Wildman–Crippen LogP) is 2.77. The molecule has 0 unspecified atom stereocenters. The number of nitrogens with two attached hydrogens (primary N) is 1. The average molecular weight is 198 g/mol. The van der Waals surface area contributed by atoms with Crippen molar-refractivity contribution in [2.75, 3.05) is 19.8 Å². The number of hydrogen-bond acceptors (Lipinski definition) is 2. The van der Waals surface area contributed by atoms with Gasteiger partial charge in [0.2, 0.25) is 0 Å². The number of hydrogen-bond donors (Lipinski definition) is 1. The lowest BCUT2D eigenvalue weighted by atomic mass is 10.2. The van der Waals surface area contributed by atoms with Gasteiger partial charge in [0.25, 0.3) is 0 Å². The van der Waals surface area contributed by atoms with Gasteiger partial charge in [-0.2, -0.15) is 0 Å². The maximum absolute atomic E-state index is 5.56. The Kier molecular flexibility index (Phi) is 14.0. The van der Waals surface area contributed by atoms with Crippen molar-refractivity contribution in [2.45, 2.75) is 34.6 Å². The van der Waals surface area contributed by atoms with Crippen molar-refractivity contribution in [1.82, 2.24) is 4.90 Å². The molecule has 0 aromatic rings. The molecule has 0 aromatic carbocycles. The third kappa shape index (κ3) is 8.02. The number of nitrogens with zero attached hydrogens (tertiary/aromatic N) is 1. The Labute approximate surface area is 89.5 Å². The molecule has 0 spiro atoms. The summed E-state index contributed by atoms with van der Waals surface area (Å²) in [4.78, 5) is 2.19. The highest BCUT2D eigenvalue weighted by Gasteiger charge is 1.99. The molecule has 0 aliphatic rings. The summed E-state index contributed by atoms with van der Waals surface area (Å²) in [5.74, 6) is 0. The lowest BCUT2D eigenvalue weighted by Crippen LogP contribution is -2.31. The van der Waals surface area contributed by atoms with Gasteiger partial charge in [-0.3, -0.25) is 4.90 Å². The molecule has 2 N–H and O–H groups in total. The lowest BCUT2D eigenvalue weighted by Gasteiger charge is -2.17. The Morgan fingerprint density at radius 3 is 2.14 bits per heavy atom. The van der Waals surface area contributed by atoms with E-state index in [4.69, 9.17) is 5.73 Å². The standard InChI is InChI=1S/C10H20N2.C2H6/c1-4-7-10(5-2)8-12(6-3)9-11;1-2/h4-5,7H,6,8-9,11H2,1-3H3;1-2H3/b7-4-,10-5+;. The quantitative estimate of drug-likeness (QED) is 0.543. The SMILES string of the molecule is C/C=C\C(=C/C)CN(CC)CN.CC. The predicted molar refractivity (Wildman–Crippen MR) is 66.2 cm³/mol. The summed E-state index contributed by atoms with van der Waals surface area (Å²) in [6.45, 7) is 12.8. The number of likely N-dealkylation sites (N-methyl/N-ethyl adjacent to an activating group) is 1. The van der Waals surface area contributed by atoms with Crippen LogP contribution in [0.3, 0.4) is 0 Å². The molecular weight excluding hydrogens is 172 g/mol. The fourth-order valence-corrected chi connectivity index (χ4v) is 1.02. The molecule has 0 amide bonds. The highest BCUT2D eigenvalue weighted by Crippen LogP contribution is 1.99. The Morgan fingerprint density at radius 1 is 1.29 bits per heavy atom. The second-order valence-electron chi connectivity index (χ2n) is 2.69. The molecule has 0 rings (SSSR count). The lowest BCUT2D eigenvalue weighted by molar-refractivity contribution is 0.324. The third-order valence-corrected chi connectivity index (χ3v) is 1.86. The van der Waals surface area contributed by atoms with Gasteiger partial charge in [-0.15, -0.1) is 0 Å². The monoisotopic (exact) mass is 198 g/mol. The van der Waals surface area contributed by atoms with E-state index < -0.39 is 0 Å². The summed E-state index contributed by atoms with van der Waals surface area (Å²) in [6.07, 6.45) is 6.30. The van der Waals surface area contributed by atoms with Gasteiger partial charge in [-0.25, -0.2) is 0 Å². The van der Waals surface area contributed by atoms with E-state index in [0.29, 0.717) is 6.67 Å². The minimum absolute atomic E-state index is 0.630. The Bertz CT molecular complexity index is 156. The van der Waals surface area contributed by atoms with Crippen LogP contribution in [0.4, 0.5) is 0 Å². The van der Waals surface area contributed by atoms with E-state index >= 15 is 0 Å². The van der Waals surface area contributed by atoms with Crippen molar-refractivity contribution in [1.29, 1.82) is 0 Å². The van der Waals surface area contributed by atoms with Crippen LogP contribution >= 0.6 is 0 Å². The van der Waals surface area contributed by atoms with E-state index in [2.05, 4.69) is 37.0 Å². The molecule has 0 aromatic heterocycles. The zero-order chi connectivity index (χ0) is 11.4. The fraction of sp³-hybridized carbons (Fsp3) is 0.667. The molecule has 0 aliphatic heterocycles. The zero-order valence-corrected chi connectivity index (χ0v) is 10.4. The van der Waals surface area contributed by atoms with Crippen molar-refractivity contribution in [3.8, 4) is 0 Å². The highest BCUT2D eigenvalue weighted by molar-refractivity contribution is 5.18. The van der Waals surface area contributed by atoms with Crippen LogP contribution in [-0.2, 0) is 0 Å². The van der Waals surface area contributed by atoms with Gasteiger partial charge in [-0.1, -0.05) is 39.0 Å². The van der Waals surface area contributed by atoms with Crippen LogP contribution in [0.5, 0.6) is 0 Å². The summed E-state index contributed by atoms with van der Waals surface area (Å²) < 4.78 is 0. The van der Waals surface area contributed by atoms with Crippen LogP contribution in [0, 0.1) is 0 Å². The topological polar surface area (TPSA) is 29.3 Å². The maximum atomic E-state index is 5.56. The van der Waals surface area contributed by atoms with Crippen LogP contribution in [0.2, 0.25) is 0 Å². The largest absolute Gasteiger partial charge is 0.318 e. The van der Waals surface area contributed by atoms with Gasteiger partial charge in [0.15, 0.2) is 0 Å². The van der Waals surface area contributed by atoms with Crippen molar-refractivity contribution in [2.24, 2.45) is 5.73 Å². The molecule has 0 bridgehead atoms. The van der Waals surface area contributed by atoms with Gasteiger partial charge in [-0.05, 0) is 26.0 Å².